The number of carbonyl (C=O) groups excluding carboxylic acids is 1. The molecule has 2 N–H and O–H groups in total. The molecule has 2 aliphatic rings. The molecule has 2 aliphatic carbocycles. The summed E-state index contributed by atoms with van der Waals surface area (Å²) < 4.78 is 5.56. The van der Waals surface area contributed by atoms with E-state index in [9.17, 15) is 14.7 Å². The van der Waals surface area contributed by atoms with Crippen LogP contribution in [0, 0.1) is 23.7 Å². The topological polar surface area (TPSA) is 75.6 Å². The van der Waals surface area contributed by atoms with Crippen molar-refractivity contribution < 1.29 is 19.4 Å². The lowest BCUT2D eigenvalue weighted by Gasteiger charge is -2.23. The van der Waals surface area contributed by atoms with E-state index in [2.05, 4.69) is 5.32 Å². The molecule has 0 radical (unpaired) electrons. The van der Waals surface area contributed by atoms with Crippen LogP contribution in [0.25, 0.3) is 0 Å². The first-order valence-corrected chi connectivity index (χ1v) is 7.94. The molecule has 0 aliphatic heterocycles. The van der Waals surface area contributed by atoms with Crippen molar-refractivity contribution in [2.75, 3.05) is 5.32 Å². The monoisotopic (exact) mass is 315 g/mol. The van der Waals surface area contributed by atoms with Crippen molar-refractivity contribution in [1.82, 2.24) is 0 Å². The Morgan fingerprint density at radius 3 is 2.30 bits per heavy atom. The van der Waals surface area contributed by atoms with Gasteiger partial charge in [0.1, 0.15) is 5.75 Å². The number of benzene rings is 1. The van der Waals surface area contributed by atoms with Crippen molar-refractivity contribution in [1.29, 1.82) is 0 Å². The van der Waals surface area contributed by atoms with Gasteiger partial charge in [-0.05, 0) is 56.4 Å². The van der Waals surface area contributed by atoms with Crippen LogP contribution in [0.3, 0.4) is 0 Å². The summed E-state index contributed by atoms with van der Waals surface area (Å²) in [5.41, 5.74) is 0.655. The minimum Gasteiger partial charge on any atom is -0.491 e. The summed E-state index contributed by atoms with van der Waals surface area (Å²) in [6, 6.07) is 7.14. The minimum absolute atomic E-state index is 0.0185. The van der Waals surface area contributed by atoms with Gasteiger partial charge in [-0.15, -0.1) is 0 Å². The molecule has 1 amide bonds. The number of amides is 1. The minimum atomic E-state index is -0.886. The predicted octanol–water partition coefficient (Wildman–Crippen LogP) is 2.94. The third-order valence-electron chi connectivity index (χ3n) is 4.54. The van der Waals surface area contributed by atoms with Gasteiger partial charge in [0.2, 0.25) is 5.91 Å². The van der Waals surface area contributed by atoms with Crippen LogP contribution in [0.5, 0.6) is 5.75 Å². The highest BCUT2D eigenvalue weighted by Crippen LogP contribution is 2.48. The van der Waals surface area contributed by atoms with Gasteiger partial charge in [0.15, 0.2) is 0 Å². The van der Waals surface area contributed by atoms with E-state index in [1.165, 1.54) is 0 Å². The van der Waals surface area contributed by atoms with Crippen LogP contribution in [0.4, 0.5) is 5.69 Å². The number of carboxylic acid groups (broad SMARTS) is 1. The van der Waals surface area contributed by atoms with E-state index in [0.717, 1.165) is 12.2 Å². The number of anilines is 1. The Labute approximate surface area is 135 Å². The number of carboxylic acids is 1. The number of hydrogen-bond donors (Lipinski definition) is 2. The lowest BCUT2D eigenvalue weighted by molar-refractivity contribution is -0.146. The quantitative estimate of drug-likeness (QED) is 0.819. The SMILES string of the molecule is CC(C)Oc1ccc(NC(=O)C2C3C=CC(C3)C2C(=O)O)cc1. The van der Waals surface area contributed by atoms with E-state index in [1.54, 1.807) is 24.3 Å². The molecule has 0 aromatic heterocycles. The second-order valence-corrected chi connectivity index (χ2v) is 6.52. The third kappa shape index (κ3) is 3.09. The van der Waals surface area contributed by atoms with Gasteiger partial charge in [0, 0.05) is 5.69 Å². The van der Waals surface area contributed by atoms with Gasteiger partial charge < -0.3 is 15.2 Å². The number of rotatable bonds is 5. The van der Waals surface area contributed by atoms with Crippen LogP contribution >= 0.6 is 0 Å². The molecule has 4 atom stereocenters. The zero-order valence-corrected chi connectivity index (χ0v) is 13.2. The van der Waals surface area contributed by atoms with E-state index < -0.39 is 17.8 Å². The lowest BCUT2D eigenvalue weighted by Crippen LogP contribution is -2.36. The zero-order valence-electron chi connectivity index (χ0n) is 13.2. The molecule has 23 heavy (non-hydrogen) atoms. The van der Waals surface area contributed by atoms with Crippen molar-refractivity contribution in [2.45, 2.75) is 26.4 Å². The van der Waals surface area contributed by atoms with Crippen LogP contribution < -0.4 is 10.1 Å². The molecule has 4 unspecified atom stereocenters. The number of carbonyl (C=O) groups is 2. The van der Waals surface area contributed by atoms with Crippen LogP contribution in [-0.4, -0.2) is 23.1 Å². The Balaban J connectivity index is 1.69. The van der Waals surface area contributed by atoms with Gasteiger partial charge in [-0.1, -0.05) is 12.2 Å². The van der Waals surface area contributed by atoms with E-state index in [4.69, 9.17) is 4.74 Å². The lowest BCUT2D eigenvalue weighted by atomic mass is 9.82. The number of aliphatic carboxylic acids is 1. The molecule has 2 bridgehead atoms. The molecule has 3 rings (SSSR count). The van der Waals surface area contributed by atoms with Gasteiger partial charge in [0.25, 0.3) is 0 Å². The van der Waals surface area contributed by atoms with Crippen molar-refractivity contribution in [3.63, 3.8) is 0 Å². The smallest absolute Gasteiger partial charge is 0.307 e. The Hall–Kier alpha value is -2.30. The predicted molar refractivity (Wildman–Crippen MR) is 86.2 cm³/mol. The van der Waals surface area contributed by atoms with E-state index in [-0.39, 0.29) is 23.8 Å². The summed E-state index contributed by atoms with van der Waals surface area (Å²) in [6.45, 7) is 3.90. The maximum Gasteiger partial charge on any atom is 0.307 e. The molecule has 5 nitrogen and oxygen atoms in total. The highest BCUT2D eigenvalue weighted by molar-refractivity contribution is 5.96. The van der Waals surface area contributed by atoms with E-state index in [1.807, 2.05) is 26.0 Å². The van der Waals surface area contributed by atoms with Gasteiger partial charge in [-0.2, -0.15) is 0 Å². The summed E-state index contributed by atoms with van der Waals surface area (Å²) in [7, 11) is 0. The van der Waals surface area contributed by atoms with Crippen molar-refractivity contribution in [2.24, 2.45) is 23.7 Å². The van der Waals surface area contributed by atoms with Gasteiger partial charge in [-0.3, -0.25) is 9.59 Å². The standard InChI is InChI=1S/C18H21NO4/c1-10(2)23-14-7-5-13(6-8-14)19-17(20)15-11-3-4-12(9-11)16(15)18(21)22/h3-8,10-12,15-16H,9H2,1-2H3,(H,19,20)(H,21,22). The van der Waals surface area contributed by atoms with Gasteiger partial charge >= 0.3 is 5.97 Å². The fourth-order valence-electron chi connectivity index (χ4n) is 3.63. The van der Waals surface area contributed by atoms with Crippen molar-refractivity contribution >= 4 is 17.6 Å². The fraction of sp³-hybridized carbons (Fsp3) is 0.444. The molecular weight excluding hydrogens is 294 g/mol. The third-order valence-corrected chi connectivity index (χ3v) is 4.54. The van der Waals surface area contributed by atoms with Gasteiger partial charge in [-0.25, -0.2) is 0 Å². The highest BCUT2D eigenvalue weighted by atomic mass is 16.5. The Morgan fingerprint density at radius 1 is 1.13 bits per heavy atom. The second kappa shape index (κ2) is 6.07. The molecule has 1 aromatic rings. The summed E-state index contributed by atoms with van der Waals surface area (Å²) in [5.74, 6) is -1.46. The fourth-order valence-corrected chi connectivity index (χ4v) is 3.63. The molecule has 0 heterocycles. The first kappa shape index (κ1) is 15.6. The molecule has 122 valence electrons. The maximum absolute atomic E-state index is 12.5. The number of nitrogens with one attached hydrogen (secondary N) is 1. The van der Waals surface area contributed by atoms with Crippen LogP contribution in [0.1, 0.15) is 20.3 Å². The van der Waals surface area contributed by atoms with Crippen LogP contribution in [-0.2, 0) is 9.59 Å². The highest BCUT2D eigenvalue weighted by Gasteiger charge is 2.51. The molecule has 1 saturated carbocycles. The number of allylic oxidation sites excluding steroid dienone is 2. The number of ether oxygens (including phenoxy) is 1. The Morgan fingerprint density at radius 2 is 1.74 bits per heavy atom. The molecule has 5 heteroatoms. The molecule has 0 saturated heterocycles. The van der Waals surface area contributed by atoms with Crippen LogP contribution in [0.15, 0.2) is 36.4 Å². The van der Waals surface area contributed by atoms with E-state index in [0.29, 0.717) is 5.69 Å². The molecule has 1 aromatic carbocycles. The second-order valence-electron chi connectivity index (χ2n) is 6.52. The summed E-state index contributed by atoms with van der Waals surface area (Å²) >= 11 is 0. The number of hydrogen-bond acceptors (Lipinski definition) is 3. The average molecular weight is 315 g/mol. The van der Waals surface area contributed by atoms with Gasteiger partial charge in [0.05, 0.1) is 17.9 Å². The summed E-state index contributed by atoms with van der Waals surface area (Å²) in [4.78, 5) is 24.0. The van der Waals surface area contributed by atoms with E-state index >= 15 is 0 Å². The first-order chi connectivity index (χ1) is 11.0. The molecule has 0 spiro atoms. The summed E-state index contributed by atoms with van der Waals surface area (Å²) in [5, 5.41) is 12.3. The largest absolute Gasteiger partial charge is 0.491 e. The first-order valence-electron chi connectivity index (χ1n) is 7.94. The van der Waals surface area contributed by atoms with Crippen molar-refractivity contribution in [3.8, 4) is 5.75 Å². The van der Waals surface area contributed by atoms with Crippen molar-refractivity contribution in [3.05, 3.63) is 36.4 Å². The average Bonchev–Trinajstić information content (AvgIpc) is 3.09. The zero-order chi connectivity index (χ0) is 16.6. The molecular formula is C18H21NO4. The normalized spacial score (nSPS) is 28.1. The number of fused-ring (bicyclic) bond motifs is 2. The Kier molecular flexibility index (Phi) is 4.11. The Bertz CT molecular complexity index is 635. The summed E-state index contributed by atoms with van der Waals surface area (Å²) in [6.07, 6.45) is 4.77. The maximum atomic E-state index is 12.5. The molecule has 1 fully saturated rings. The van der Waals surface area contributed by atoms with Crippen LogP contribution in [0.2, 0.25) is 0 Å².